The maximum absolute atomic E-state index is 12.1. The molecular weight excluding hydrogens is 396 g/mol. The third-order valence-electron chi connectivity index (χ3n) is 4.04. The van der Waals surface area contributed by atoms with Crippen molar-refractivity contribution in [3.8, 4) is 5.75 Å². The van der Waals surface area contributed by atoms with E-state index in [-0.39, 0.29) is 17.9 Å². The van der Waals surface area contributed by atoms with Gasteiger partial charge in [-0.3, -0.25) is 9.59 Å². The molecule has 0 bridgehead atoms. The number of primary sulfonamides is 1. The number of sulfonamides is 1. The van der Waals surface area contributed by atoms with Crippen LogP contribution in [0.4, 0.5) is 5.69 Å². The maximum atomic E-state index is 12.1. The SMILES string of the molecule is Cc1ccc(C)c(OCCC(=O)OC(C)C(=O)Nc2ccc(S(N)(=O)=O)cc2)c1. The van der Waals surface area contributed by atoms with Gasteiger partial charge in [0.05, 0.1) is 17.9 Å². The molecule has 2 aromatic rings. The van der Waals surface area contributed by atoms with Gasteiger partial charge in [-0.2, -0.15) is 0 Å². The van der Waals surface area contributed by atoms with Gasteiger partial charge in [0.15, 0.2) is 6.10 Å². The molecule has 0 aliphatic rings. The Balaban J connectivity index is 1.81. The molecule has 29 heavy (non-hydrogen) atoms. The zero-order valence-electron chi connectivity index (χ0n) is 16.5. The zero-order valence-corrected chi connectivity index (χ0v) is 17.3. The van der Waals surface area contributed by atoms with Gasteiger partial charge >= 0.3 is 5.97 Å². The lowest BCUT2D eigenvalue weighted by Gasteiger charge is -2.14. The van der Waals surface area contributed by atoms with Crippen molar-refractivity contribution in [1.29, 1.82) is 0 Å². The number of nitrogens with two attached hydrogens (primary N) is 1. The number of ether oxygens (including phenoxy) is 2. The molecule has 1 atom stereocenters. The number of hydrogen-bond acceptors (Lipinski definition) is 6. The van der Waals surface area contributed by atoms with Crippen LogP contribution in [0.1, 0.15) is 24.5 Å². The van der Waals surface area contributed by atoms with Gasteiger partial charge in [0.2, 0.25) is 10.0 Å². The normalized spacial score (nSPS) is 12.1. The molecule has 0 aliphatic carbocycles. The Kier molecular flexibility index (Phi) is 7.35. The van der Waals surface area contributed by atoms with E-state index in [2.05, 4.69) is 5.32 Å². The first-order valence-electron chi connectivity index (χ1n) is 8.89. The zero-order chi connectivity index (χ0) is 21.6. The summed E-state index contributed by atoms with van der Waals surface area (Å²) in [6, 6.07) is 11.1. The second-order valence-corrected chi connectivity index (χ2v) is 8.12. The maximum Gasteiger partial charge on any atom is 0.310 e. The van der Waals surface area contributed by atoms with Crippen LogP contribution in [-0.4, -0.2) is 33.0 Å². The standard InChI is InChI=1S/C20H24N2O6S/c1-13-4-5-14(2)18(12-13)27-11-10-19(23)28-15(3)20(24)22-16-6-8-17(9-7-16)29(21,25)26/h4-9,12,15H,10-11H2,1-3H3,(H,22,24)(H2,21,25,26). The summed E-state index contributed by atoms with van der Waals surface area (Å²) in [4.78, 5) is 24.0. The van der Waals surface area contributed by atoms with E-state index in [1.54, 1.807) is 0 Å². The highest BCUT2D eigenvalue weighted by atomic mass is 32.2. The van der Waals surface area contributed by atoms with E-state index < -0.39 is 28.0 Å². The van der Waals surface area contributed by atoms with Crippen molar-refractivity contribution in [3.05, 3.63) is 53.6 Å². The van der Waals surface area contributed by atoms with Gasteiger partial charge in [-0.1, -0.05) is 12.1 Å². The molecule has 2 aromatic carbocycles. The molecule has 2 rings (SSSR count). The number of rotatable bonds is 8. The molecule has 3 N–H and O–H groups in total. The van der Waals surface area contributed by atoms with E-state index in [0.717, 1.165) is 11.1 Å². The van der Waals surface area contributed by atoms with Crippen LogP contribution in [0, 0.1) is 13.8 Å². The second-order valence-electron chi connectivity index (χ2n) is 6.56. The van der Waals surface area contributed by atoms with Crippen molar-refractivity contribution in [2.45, 2.75) is 38.2 Å². The monoisotopic (exact) mass is 420 g/mol. The van der Waals surface area contributed by atoms with Gasteiger partial charge in [-0.25, -0.2) is 13.6 Å². The third kappa shape index (κ3) is 6.88. The molecule has 0 saturated heterocycles. The fourth-order valence-corrected chi connectivity index (χ4v) is 2.90. The van der Waals surface area contributed by atoms with Gasteiger partial charge in [0.1, 0.15) is 5.75 Å². The van der Waals surface area contributed by atoms with E-state index in [9.17, 15) is 18.0 Å². The Morgan fingerprint density at radius 3 is 2.38 bits per heavy atom. The summed E-state index contributed by atoms with van der Waals surface area (Å²) in [6.07, 6.45) is -1.03. The van der Waals surface area contributed by atoms with E-state index >= 15 is 0 Å². The quantitative estimate of drug-likeness (QED) is 0.631. The van der Waals surface area contributed by atoms with Gasteiger partial charge in [-0.15, -0.1) is 0 Å². The Morgan fingerprint density at radius 2 is 1.76 bits per heavy atom. The molecule has 0 aromatic heterocycles. The van der Waals surface area contributed by atoms with Crippen molar-refractivity contribution >= 4 is 27.6 Å². The lowest BCUT2D eigenvalue weighted by molar-refractivity contribution is -0.153. The number of anilines is 1. The molecule has 0 saturated carbocycles. The minimum absolute atomic E-state index is 0.00589. The lowest BCUT2D eigenvalue weighted by atomic mass is 10.1. The van der Waals surface area contributed by atoms with Gasteiger partial charge < -0.3 is 14.8 Å². The summed E-state index contributed by atoms with van der Waals surface area (Å²) in [5.74, 6) is -0.411. The predicted octanol–water partition coefficient (Wildman–Crippen LogP) is 2.29. The molecule has 9 heteroatoms. The first-order chi connectivity index (χ1) is 13.6. The topological polar surface area (TPSA) is 125 Å². The van der Waals surface area contributed by atoms with Gasteiger partial charge in [0, 0.05) is 5.69 Å². The van der Waals surface area contributed by atoms with Gasteiger partial charge in [-0.05, 0) is 62.2 Å². The van der Waals surface area contributed by atoms with Crippen molar-refractivity contribution in [2.75, 3.05) is 11.9 Å². The molecule has 0 radical (unpaired) electrons. The molecule has 1 amide bonds. The molecule has 8 nitrogen and oxygen atoms in total. The molecule has 0 spiro atoms. The number of nitrogens with one attached hydrogen (secondary N) is 1. The largest absolute Gasteiger partial charge is 0.493 e. The Morgan fingerprint density at radius 1 is 1.10 bits per heavy atom. The third-order valence-corrected chi connectivity index (χ3v) is 4.96. The van der Waals surface area contributed by atoms with Crippen LogP contribution in [0.15, 0.2) is 47.4 Å². The van der Waals surface area contributed by atoms with Crippen molar-refractivity contribution < 1.29 is 27.5 Å². The highest BCUT2D eigenvalue weighted by Gasteiger charge is 2.18. The Hall–Kier alpha value is -2.91. The number of carbonyl (C=O) groups excluding carboxylic acids is 2. The Bertz CT molecular complexity index is 987. The fourth-order valence-electron chi connectivity index (χ4n) is 2.39. The predicted molar refractivity (Wildman–Crippen MR) is 108 cm³/mol. The molecule has 0 aliphatic heterocycles. The number of carbonyl (C=O) groups is 2. The van der Waals surface area contributed by atoms with Crippen molar-refractivity contribution in [2.24, 2.45) is 5.14 Å². The number of benzene rings is 2. The van der Waals surface area contributed by atoms with Crippen LogP contribution in [0.2, 0.25) is 0 Å². The van der Waals surface area contributed by atoms with Crippen LogP contribution < -0.4 is 15.2 Å². The second kappa shape index (κ2) is 9.53. The van der Waals surface area contributed by atoms with Crippen molar-refractivity contribution in [3.63, 3.8) is 0 Å². The average Bonchev–Trinajstić information content (AvgIpc) is 2.64. The van der Waals surface area contributed by atoms with E-state index in [4.69, 9.17) is 14.6 Å². The summed E-state index contributed by atoms with van der Waals surface area (Å²) in [6.45, 7) is 5.43. The lowest BCUT2D eigenvalue weighted by Crippen LogP contribution is -2.30. The summed E-state index contributed by atoms with van der Waals surface area (Å²) in [5.41, 5.74) is 2.37. The van der Waals surface area contributed by atoms with Crippen LogP contribution in [0.25, 0.3) is 0 Å². The summed E-state index contributed by atoms with van der Waals surface area (Å²) >= 11 is 0. The number of amides is 1. The Labute approximate surface area is 170 Å². The first kappa shape index (κ1) is 22.4. The highest BCUT2D eigenvalue weighted by molar-refractivity contribution is 7.89. The van der Waals surface area contributed by atoms with E-state index in [1.165, 1.54) is 31.2 Å². The minimum Gasteiger partial charge on any atom is -0.493 e. The smallest absolute Gasteiger partial charge is 0.310 e. The number of aryl methyl sites for hydroxylation is 2. The molecule has 1 unspecified atom stereocenters. The molecular formula is C20H24N2O6S. The summed E-state index contributed by atoms with van der Waals surface area (Å²) < 4.78 is 33.2. The molecule has 0 heterocycles. The van der Waals surface area contributed by atoms with Gasteiger partial charge in [0.25, 0.3) is 5.91 Å². The van der Waals surface area contributed by atoms with Crippen LogP contribution in [0.5, 0.6) is 5.75 Å². The minimum atomic E-state index is -3.81. The molecule has 156 valence electrons. The fraction of sp³-hybridized carbons (Fsp3) is 0.300. The highest BCUT2D eigenvalue weighted by Crippen LogP contribution is 2.19. The van der Waals surface area contributed by atoms with Crippen molar-refractivity contribution in [1.82, 2.24) is 0 Å². The number of hydrogen-bond donors (Lipinski definition) is 2. The van der Waals surface area contributed by atoms with Crippen LogP contribution >= 0.6 is 0 Å². The summed E-state index contributed by atoms with van der Waals surface area (Å²) in [7, 11) is -3.81. The summed E-state index contributed by atoms with van der Waals surface area (Å²) in [5, 5.41) is 7.56. The number of esters is 1. The van der Waals surface area contributed by atoms with Crippen LogP contribution in [0.3, 0.4) is 0 Å². The molecule has 0 fully saturated rings. The first-order valence-corrected chi connectivity index (χ1v) is 10.4. The van der Waals surface area contributed by atoms with E-state index in [1.807, 2.05) is 32.0 Å². The average molecular weight is 420 g/mol. The van der Waals surface area contributed by atoms with E-state index in [0.29, 0.717) is 11.4 Å². The van der Waals surface area contributed by atoms with Crippen LogP contribution in [-0.2, 0) is 24.3 Å².